The molecule has 1 amide bonds. The molecule has 1 heterocycles. The highest BCUT2D eigenvalue weighted by molar-refractivity contribution is 6.30. The number of carbonyl (C=O) groups is 3. The molecule has 6 heteroatoms. The predicted octanol–water partition coefficient (Wildman–Crippen LogP) is 2.25. The van der Waals surface area contributed by atoms with Crippen molar-refractivity contribution in [1.82, 2.24) is 4.90 Å². The topological polar surface area (TPSA) is 63.7 Å². The van der Waals surface area contributed by atoms with Crippen LogP contribution < -0.4 is 0 Å². The molecular weight excluding hydrogens is 318 g/mol. The van der Waals surface area contributed by atoms with Crippen molar-refractivity contribution < 1.29 is 19.1 Å². The van der Waals surface area contributed by atoms with Gasteiger partial charge in [-0.15, -0.1) is 0 Å². The lowest BCUT2D eigenvalue weighted by Crippen LogP contribution is -2.32. The Morgan fingerprint density at radius 1 is 1.26 bits per heavy atom. The Bertz CT molecular complexity index is 585. The summed E-state index contributed by atoms with van der Waals surface area (Å²) in [5.74, 6) is -1.40. The van der Waals surface area contributed by atoms with E-state index in [0.29, 0.717) is 37.4 Å². The molecule has 1 fully saturated rings. The third-order valence-corrected chi connectivity index (χ3v) is 4.34. The number of hydrogen-bond donors (Lipinski definition) is 0. The molecule has 0 N–H and O–H groups in total. The molecular formula is C17H20ClNO4. The van der Waals surface area contributed by atoms with Gasteiger partial charge >= 0.3 is 5.97 Å². The summed E-state index contributed by atoms with van der Waals surface area (Å²) in [6.45, 7) is 0.775. The lowest BCUT2D eigenvalue weighted by Gasteiger charge is -2.20. The lowest BCUT2D eigenvalue weighted by atomic mass is 10.00. The zero-order valence-corrected chi connectivity index (χ0v) is 13.8. The van der Waals surface area contributed by atoms with Crippen molar-refractivity contribution in [2.75, 3.05) is 20.2 Å². The van der Waals surface area contributed by atoms with Crippen LogP contribution in [-0.2, 0) is 25.5 Å². The predicted molar refractivity (Wildman–Crippen MR) is 86.1 cm³/mol. The molecule has 1 aliphatic rings. The van der Waals surface area contributed by atoms with E-state index in [-0.39, 0.29) is 18.1 Å². The van der Waals surface area contributed by atoms with Gasteiger partial charge in [-0.2, -0.15) is 0 Å². The Hall–Kier alpha value is -1.88. The minimum atomic E-state index is -0.742. The monoisotopic (exact) mass is 337 g/mol. The van der Waals surface area contributed by atoms with Crippen LogP contribution in [0.2, 0.25) is 5.02 Å². The van der Waals surface area contributed by atoms with Crippen LogP contribution in [0.3, 0.4) is 0 Å². The molecule has 2 rings (SSSR count). The number of rotatable bonds is 4. The third kappa shape index (κ3) is 4.79. The van der Waals surface area contributed by atoms with Crippen LogP contribution >= 0.6 is 11.6 Å². The van der Waals surface area contributed by atoms with Crippen LogP contribution in [0.4, 0.5) is 0 Å². The minimum Gasteiger partial charge on any atom is -0.468 e. The summed E-state index contributed by atoms with van der Waals surface area (Å²) < 4.78 is 4.65. The first-order valence-electron chi connectivity index (χ1n) is 7.64. The quantitative estimate of drug-likeness (QED) is 0.624. The Morgan fingerprint density at radius 2 is 1.96 bits per heavy atom. The van der Waals surface area contributed by atoms with Gasteiger partial charge in [0.2, 0.25) is 5.91 Å². The number of halogens is 1. The highest BCUT2D eigenvalue weighted by Crippen LogP contribution is 2.17. The number of amides is 1. The smallest absolute Gasteiger partial charge is 0.316 e. The summed E-state index contributed by atoms with van der Waals surface area (Å²) in [7, 11) is 1.27. The maximum Gasteiger partial charge on any atom is 0.316 e. The Labute approximate surface area is 140 Å². The van der Waals surface area contributed by atoms with Crippen molar-refractivity contribution in [3.63, 3.8) is 0 Å². The van der Waals surface area contributed by atoms with E-state index in [1.165, 1.54) is 7.11 Å². The summed E-state index contributed by atoms with van der Waals surface area (Å²) in [6, 6.07) is 7.39. The molecule has 23 heavy (non-hydrogen) atoms. The van der Waals surface area contributed by atoms with E-state index in [1.54, 1.807) is 17.0 Å². The first-order valence-corrected chi connectivity index (χ1v) is 8.02. The van der Waals surface area contributed by atoms with Crippen molar-refractivity contribution in [3.8, 4) is 0 Å². The maximum absolute atomic E-state index is 12.3. The fraction of sp³-hybridized carbons (Fsp3) is 0.471. The number of carbonyl (C=O) groups excluding carboxylic acids is 3. The van der Waals surface area contributed by atoms with Crippen molar-refractivity contribution in [2.24, 2.45) is 5.92 Å². The maximum atomic E-state index is 12.3. The highest BCUT2D eigenvalue weighted by Gasteiger charge is 2.31. The van der Waals surface area contributed by atoms with Gasteiger partial charge in [0.1, 0.15) is 11.7 Å². The Kier molecular flexibility index (Phi) is 6.16. The molecule has 1 unspecified atom stereocenters. The molecule has 0 aromatic heterocycles. The van der Waals surface area contributed by atoms with Crippen molar-refractivity contribution in [2.45, 2.75) is 25.7 Å². The molecule has 1 saturated heterocycles. The summed E-state index contributed by atoms with van der Waals surface area (Å²) in [6.07, 6.45) is 1.53. The SMILES string of the molecule is COC(=O)C1CCN(C(=O)CCc2ccc(Cl)cc2)CCC1=O. The fourth-order valence-electron chi connectivity index (χ4n) is 2.68. The molecule has 0 bridgehead atoms. The normalized spacial score (nSPS) is 18.4. The second kappa shape index (κ2) is 8.11. The molecule has 1 aromatic carbocycles. The Balaban J connectivity index is 1.89. The molecule has 124 valence electrons. The van der Waals surface area contributed by atoms with E-state index in [2.05, 4.69) is 4.74 Å². The van der Waals surface area contributed by atoms with E-state index < -0.39 is 11.9 Å². The van der Waals surface area contributed by atoms with Crippen LogP contribution in [0.5, 0.6) is 0 Å². The first-order chi connectivity index (χ1) is 11.0. The summed E-state index contributed by atoms with van der Waals surface area (Å²) in [4.78, 5) is 37.5. The molecule has 5 nitrogen and oxygen atoms in total. The highest BCUT2D eigenvalue weighted by atomic mass is 35.5. The van der Waals surface area contributed by atoms with Crippen molar-refractivity contribution in [1.29, 1.82) is 0 Å². The van der Waals surface area contributed by atoms with Crippen LogP contribution in [0.1, 0.15) is 24.8 Å². The van der Waals surface area contributed by atoms with Crippen LogP contribution in [0.25, 0.3) is 0 Å². The number of methoxy groups -OCH3 is 1. The van der Waals surface area contributed by atoms with E-state index in [0.717, 1.165) is 5.56 Å². The number of likely N-dealkylation sites (tertiary alicyclic amines) is 1. The number of hydrogen-bond acceptors (Lipinski definition) is 4. The minimum absolute atomic E-state index is 0.00161. The van der Waals surface area contributed by atoms with Gasteiger partial charge in [-0.05, 0) is 30.5 Å². The van der Waals surface area contributed by atoms with Crippen LogP contribution in [-0.4, -0.2) is 42.8 Å². The van der Waals surface area contributed by atoms with E-state index in [4.69, 9.17) is 11.6 Å². The van der Waals surface area contributed by atoms with Gasteiger partial charge in [-0.1, -0.05) is 23.7 Å². The van der Waals surface area contributed by atoms with Gasteiger partial charge in [-0.3, -0.25) is 14.4 Å². The molecule has 0 spiro atoms. The van der Waals surface area contributed by atoms with Gasteiger partial charge in [-0.25, -0.2) is 0 Å². The number of esters is 1. The van der Waals surface area contributed by atoms with Gasteiger partial charge < -0.3 is 9.64 Å². The van der Waals surface area contributed by atoms with Gasteiger partial charge in [0, 0.05) is 31.0 Å². The van der Waals surface area contributed by atoms with E-state index in [9.17, 15) is 14.4 Å². The standard InChI is InChI=1S/C17H20ClNO4/c1-23-17(22)14-8-10-19(11-9-15(14)20)16(21)7-4-12-2-5-13(18)6-3-12/h2-3,5-6,14H,4,7-11H2,1H3. The zero-order chi connectivity index (χ0) is 16.8. The van der Waals surface area contributed by atoms with Gasteiger partial charge in [0.15, 0.2) is 0 Å². The number of ether oxygens (including phenoxy) is 1. The summed E-state index contributed by atoms with van der Waals surface area (Å²) >= 11 is 5.83. The number of benzene rings is 1. The largest absolute Gasteiger partial charge is 0.468 e. The molecule has 0 radical (unpaired) electrons. The number of ketones is 1. The van der Waals surface area contributed by atoms with Crippen LogP contribution in [0, 0.1) is 5.92 Å². The first kappa shape index (κ1) is 17.5. The molecule has 1 atom stereocenters. The fourth-order valence-corrected chi connectivity index (χ4v) is 2.80. The summed E-state index contributed by atoms with van der Waals surface area (Å²) in [5, 5.41) is 0.667. The average molecular weight is 338 g/mol. The molecule has 0 saturated carbocycles. The van der Waals surface area contributed by atoms with Gasteiger partial charge in [0.05, 0.1) is 7.11 Å². The second-order valence-corrected chi connectivity index (χ2v) is 6.02. The van der Waals surface area contributed by atoms with E-state index >= 15 is 0 Å². The summed E-state index contributed by atoms with van der Waals surface area (Å²) in [5.41, 5.74) is 1.04. The van der Waals surface area contributed by atoms with Gasteiger partial charge in [0.25, 0.3) is 0 Å². The lowest BCUT2D eigenvalue weighted by molar-refractivity contribution is -0.149. The van der Waals surface area contributed by atoms with Crippen LogP contribution in [0.15, 0.2) is 24.3 Å². The molecule has 1 aliphatic heterocycles. The second-order valence-electron chi connectivity index (χ2n) is 5.59. The Morgan fingerprint density at radius 3 is 2.61 bits per heavy atom. The molecule has 1 aromatic rings. The number of aryl methyl sites for hydroxylation is 1. The average Bonchev–Trinajstić information content (AvgIpc) is 2.75. The van der Waals surface area contributed by atoms with Crippen molar-refractivity contribution >= 4 is 29.3 Å². The number of nitrogens with zero attached hydrogens (tertiary/aromatic N) is 1. The molecule has 0 aliphatic carbocycles. The zero-order valence-electron chi connectivity index (χ0n) is 13.1. The third-order valence-electron chi connectivity index (χ3n) is 4.08. The number of Topliss-reactive ketones (excluding diaryl/α,β-unsaturated/α-hetero) is 1. The van der Waals surface area contributed by atoms with E-state index in [1.807, 2.05) is 12.1 Å². The van der Waals surface area contributed by atoms with Crippen molar-refractivity contribution in [3.05, 3.63) is 34.9 Å².